The molecule has 0 radical (unpaired) electrons. The smallest absolute Gasteiger partial charge is 0.103 e. The summed E-state index contributed by atoms with van der Waals surface area (Å²) in [6.07, 6.45) is 2.29. The number of likely N-dealkylation sites (tertiary alicyclic amines) is 1. The van der Waals surface area contributed by atoms with Crippen molar-refractivity contribution in [2.75, 3.05) is 30.3 Å². The highest BCUT2D eigenvalue weighted by atomic mass is 15.2. The lowest BCUT2D eigenvalue weighted by molar-refractivity contribution is 0.201. The third-order valence-corrected chi connectivity index (χ3v) is 5.63. The molecule has 0 bridgehead atoms. The summed E-state index contributed by atoms with van der Waals surface area (Å²) in [4.78, 5) is 2.48. The van der Waals surface area contributed by atoms with Gasteiger partial charge in [-0.05, 0) is 44.1 Å². The molecule has 4 heteroatoms. The van der Waals surface area contributed by atoms with Crippen LogP contribution in [0.2, 0.25) is 0 Å². The van der Waals surface area contributed by atoms with Gasteiger partial charge in [0.15, 0.2) is 0 Å². The van der Waals surface area contributed by atoms with E-state index in [2.05, 4.69) is 23.1 Å². The fourth-order valence-electron chi connectivity index (χ4n) is 4.48. The van der Waals surface area contributed by atoms with Crippen LogP contribution < -0.4 is 17.2 Å². The van der Waals surface area contributed by atoms with E-state index in [-0.39, 0.29) is 0 Å². The number of para-hydroxylation sites is 3. The Bertz CT molecular complexity index is 833. The van der Waals surface area contributed by atoms with Crippen LogP contribution in [0.3, 0.4) is 0 Å². The average Bonchev–Trinajstić information content (AvgIpc) is 3.21. The molecule has 1 saturated heterocycles. The van der Waals surface area contributed by atoms with Crippen molar-refractivity contribution in [1.82, 2.24) is 4.90 Å². The molecule has 1 fully saturated rings. The maximum Gasteiger partial charge on any atom is 0.103 e. The minimum Gasteiger partial charge on any atom is -0.398 e. The highest BCUT2D eigenvalue weighted by molar-refractivity contribution is 5.69. The molecule has 0 aliphatic carbocycles. The number of nitrogen functional groups attached to an aromatic ring is 3. The molecule has 0 unspecified atom stereocenters. The first kappa shape index (κ1) is 17.4. The molecule has 27 heavy (non-hydrogen) atoms. The van der Waals surface area contributed by atoms with Crippen molar-refractivity contribution in [3.05, 3.63) is 89.5 Å². The first-order chi connectivity index (χ1) is 13.2. The molecule has 3 aromatic carbocycles. The SMILES string of the molecule is Nc1ccccc1C(c1ccccc1N)(c1ccccc1N)N1CCCC1. The molecule has 6 N–H and O–H groups in total. The Morgan fingerprint density at radius 2 is 0.889 bits per heavy atom. The molecule has 3 aromatic rings. The van der Waals surface area contributed by atoms with E-state index in [1.165, 1.54) is 0 Å². The van der Waals surface area contributed by atoms with Crippen LogP contribution in [0.15, 0.2) is 72.8 Å². The number of anilines is 3. The van der Waals surface area contributed by atoms with E-state index >= 15 is 0 Å². The van der Waals surface area contributed by atoms with Gasteiger partial charge in [0.25, 0.3) is 0 Å². The number of nitrogens with zero attached hydrogens (tertiary/aromatic N) is 1. The normalized spacial score (nSPS) is 15.1. The largest absolute Gasteiger partial charge is 0.398 e. The van der Waals surface area contributed by atoms with Gasteiger partial charge < -0.3 is 17.2 Å². The topological polar surface area (TPSA) is 81.3 Å². The van der Waals surface area contributed by atoms with Gasteiger partial charge in [-0.2, -0.15) is 0 Å². The van der Waals surface area contributed by atoms with Crippen molar-refractivity contribution in [2.45, 2.75) is 18.4 Å². The van der Waals surface area contributed by atoms with Crippen LogP contribution in [-0.2, 0) is 5.54 Å². The van der Waals surface area contributed by atoms with Crippen molar-refractivity contribution < 1.29 is 0 Å². The third-order valence-electron chi connectivity index (χ3n) is 5.63. The van der Waals surface area contributed by atoms with Crippen molar-refractivity contribution in [1.29, 1.82) is 0 Å². The lowest BCUT2D eigenvalue weighted by Gasteiger charge is -2.45. The van der Waals surface area contributed by atoms with Crippen LogP contribution in [-0.4, -0.2) is 18.0 Å². The average molecular weight is 358 g/mol. The van der Waals surface area contributed by atoms with E-state index < -0.39 is 5.54 Å². The molecule has 4 rings (SSSR count). The highest BCUT2D eigenvalue weighted by Crippen LogP contribution is 2.49. The molecule has 4 nitrogen and oxygen atoms in total. The summed E-state index contributed by atoms with van der Waals surface area (Å²) in [5.74, 6) is 0. The van der Waals surface area contributed by atoms with E-state index in [9.17, 15) is 0 Å². The van der Waals surface area contributed by atoms with Crippen molar-refractivity contribution in [2.24, 2.45) is 0 Å². The first-order valence-corrected chi connectivity index (χ1v) is 9.45. The molecule has 1 aliphatic rings. The predicted octanol–water partition coefficient (Wildman–Crippen LogP) is 3.82. The summed E-state index contributed by atoms with van der Waals surface area (Å²) in [5.41, 5.74) is 24.3. The first-order valence-electron chi connectivity index (χ1n) is 9.45. The lowest BCUT2D eigenvalue weighted by atomic mass is 9.73. The van der Waals surface area contributed by atoms with E-state index in [0.29, 0.717) is 0 Å². The summed E-state index contributed by atoms with van der Waals surface area (Å²) in [6, 6.07) is 24.2. The van der Waals surface area contributed by atoms with Crippen LogP contribution in [0, 0.1) is 0 Å². The third kappa shape index (κ3) is 2.73. The number of hydrogen-bond donors (Lipinski definition) is 3. The van der Waals surface area contributed by atoms with Crippen LogP contribution in [0.25, 0.3) is 0 Å². The number of hydrogen-bond acceptors (Lipinski definition) is 4. The van der Waals surface area contributed by atoms with Crippen LogP contribution in [0.5, 0.6) is 0 Å². The summed E-state index contributed by atoms with van der Waals surface area (Å²) in [6.45, 7) is 1.94. The minimum atomic E-state index is -0.613. The van der Waals surface area contributed by atoms with Crippen molar-refractivity contribution >= 4 is 17.1 Å². The zero-order valence-corrected chi connectivity index (χ0v) is 15.4. The predicted molar refractivity (Wildman–Crippen MR) is 113 cm³/mol. The highest BCUT2D eigenvalue weighted by Gasteiger charge is 2.46. The Hall–Kier alpha value is -2.98. The molecule has 1 aliphatic heterocycles. The number of benzene rings is 3. The second kappa shape index (κ2) is 6.97. The molecule has 1 heterocycles. The van der Waals surface area contributed by atoms with Gasteiger partial charge in [0, 0.05) is 33.8 Å². The molecular formula is C23H26N4. The van der Waals surface area contributed by atoms with Gasteiger partial charge in [-0.25, -0.2) is 0 Å². The lowest BCUT2D eigenvalue weighted by Crippen LogP contribution is -2.47. The summed E-state index contributed by atoms with van der Waals surface area (Å²) in [7, 11) is 0. The van der Waals surface area contributed by atoms with Gasteiger partial charge in [0.1, 0.15) is 5.54 Å². The zero-order valence-electron chi connectivity index (χ0n) is 15.4. The van der Waals surface area contributed by atoms with Gasteiger partial charge in [-0.3, -0.25) is 4.90 Å². The van der Waals surface area contributed by atoms with E-state index in [4.69, 9.17) is 17.2 Å². The van der Waals surface area contributed by atoms with Crippen molar-refractivity contribution in [3.8, 4) is 0 Å². The fraction of sp³-hybridized carbons (Fsp3) is 0.217. The van der Waals surface area contributed by atoms with E-state index in [1.54, 1.807) is 0 Å². The summed E-state index contributed by atoms with van der Waals surface area (Å²) < 4.78 is 0. The molecule has 0 amide bonds. The van der Waals surface area contributed by atoms with Crippen LogP contribution in [0.1, 0.15) is 29.5 Å². The zero-order chi connectivity index (χ0) is 18.9. The Kier molecular flexibility index (Phi) is 4.50. The van der Waals surface area contributed by atoms with Crippen LogP contribution in [0.4, 0.5) is 17.1 Å². The summed E-state index contributed by atoms with van der Waals surface area (Å²) >= 11 is 0. The fourth-order valence-corrected chi connectivity index (χ4v) is 4.48. The molecule has 0 atom stereocenters. The van der Waals surface area contributed by atoms with Gasteiger partial charge in [-0.1, -0.05) is 54.6 Å². The Labute approximate surface area is 160 Å². The van der Waals surface area contributed by atoms with Gasteiger partial charge in [0.2, 0.25) is 0 Å². The molecule has 0 aromatic heterocycles. The molecular weight excluding hydrogens is 332 g/mol. The second-order valence-corrected chi connectivity index (χ2v) is 7.17. The van der Waals surface area contributed by atoms with Crippen LogP contribution >= 0.6 is 0 Å². The Morgan fingerprint density at radius 3 is 1.22 bits per heavy atom. The monoisotopic (exact) mass is 358 g/mol. The quantitative estimate of drug-likeness (QED) is 0.489. The van der Waals surface area contributed by atoms with Gasteiger partial charge >= 0.3 is 0 Å². The molecule has 0 spiro atoms. The van der Waals surface area contributed by atoms with Gasteiger partial charge in [-0.15, -0.1) is 0 Å². The van der Waals surface area contributed by atoms with Crippen molar-refractivity contribution in [3.63, 3.8) is 0 Å². The Balaban J connectivity index is 2.14. The van der Waals surface area contributed by atoms with E-state index in [0.717, 1.165) is 59.7 Å². The maximum atomic E-state index is 6.54. The minimum absolute atomic E-state index is 0.613. The van der Waals surface area contributed by atoms with E-state index in [1.807, 2.05) is 54.6 Å². The molecule has 138 valence electrons. The summed E-state index contributed by atoms with van der Waals surface area (Å²) in [5, 5.41) is 0. The number of nitrogens with two attached hydrogens (primary N) is 3. The second-order valence-electron chi connectivity index (χ2n) is 7.17. The standard InChI is InChI=1S/C23H26N4/c24-20-12-4-1-9-17(20)23(27-15-7-8-16-27,18-10-2-5-13-21(18)25)19-11-3-6-14-22(19)26/h1-6,9-14H,7-8,15-16,24-26H2. The number of rotatable bonds is 4. The maximum absolute atomic E-state index is 6.54. The molecule has 0 saturated carbocycles. The Morgan fingerprint density at radius 1 is 0.556 bits per heavy atom. The van der Waals surface area contributed by atoms with Gasteiger partial charge in [0.05, 0.1) is 0 Å².